The Kier molecular flexibility index (Phi) is 6.67. The molecule has 2 nitrogen and oxygen atoms in total. The molecule has 0 bridgehead atoms. The van der Waals surface area contributed by atoms with Crippen LogP contribution in [-0.4, -0.2) is 0 Å². The first-order valence-electron chi connectivity index (χ1n) is 14.5. The van der Waals surface area contributed by atoms with Crippen molar-refractivity contribution in [1.82, 2.24) is 0 Å². The van der Waals surface area contributed by atoms with Crippen LogP contribution in [0.5, 0.6) is 0 Å². The molecule has 0 aliphatic heterocycles. The third-order valence-electron chi connectivity index (χ3n) is 8.12. The fraction of sp³-hybridized carbons (Fsp3) is 0.371. The van der Waals surface area contributed by atoms with E-state index in [0.29, 0.717) is 0 Å². The van der Waals surface area contributed by atoms with Crippen molar-refractivity contribution >= 4 is 54.6 Å². The van der Waals surface area contributed by atoms with Gasteiger partial charge in [-0.1, -0.05) is 77.1 Å². The molecule has 0 saturated heterocycles. The maximum Gasteiger partial charge on any atom is 0.178 e. The normalized spacial score (nSPS) is 12.2. The maximum atomic E-state index is 6.61. The summed E-state index contributed by atoms with van der Waals surface area (Å²) in [6.07, 6.45) is 12.2. The van der Waals surface area contributed by atoms with Gasteiger partial charge in [-0.15, -0.1) is 0 Å². The minimum absolute atomic E-state index is 0.878. The fourth-order valence-corrected chi connectivity index (χ4v) is 5.99. The first-order valence-corrected chi connectivity index (χ1v) is 14.5. The molecule has 2 heterocycles. The summed E-state index contributed by atoms with van der Waals surface area (Å²) in [6, 6.07) is 20.5. The summed E-state index contributed by atoms with van der Waals surface area (Å²) in [4.78, 5) is 0. The van der Waals surface area contributed by atoms with E-state index in [2.05, 4.69) is 75.4 Å². The Morgan fingerprint density at radius 1 is 0.541 bits per heavy atom. The van der Waals surface area contributed by atoms with E-state index in [1.165, 1.54) is 94.0 Å². The van der Waals surface area contributed by atoms with Gasteiger partial charge < -0.3 is 8.83 Å². The van der Waals surface area contributed by atoms with Gasteiger partial charge in [-0.25, -0.2) is 0 Å². The summed E-state index contributed by atoms with van der Waals surface area (Å²) >= 11 is 0. The van der Waals surface area contributed by atoms with Crippen LogP contribution in [-0.2, 0) is 19.3 Å². The molecule has 4 aromatic carbocycles. The number of rotatable bonds is 10. The second-order valence-electron chi connectivity index (χ2n) is 10.8. The topological polar surface area (TPSA) is 26.3 Å². The Labute approximate surface area is 219 Å². The van der Waals surface area contributed by atoms with E-state index >= 15 is 0 Å². The lowest BCUT2D eigenvalue weighted by Gasteiger charge is -2.05. The molecule has 0 N–H and O–H groups in total. The summed E-state index contributed by atoms with van der Waals surface area (Å²) in [7, 11) is 0. The van der Waals surface area contributed by atoms with Crippen LogP contribution in [0.2, 0.25) is 0 Å². The molecule has 0 atom stereocenters. The van der Waals surface area contributed by atoms with Crippen LogP contribution in [0.15, 0.2) is 63.4 Å². The molecule has 6 rings (SSSR count). The molecule has 6 aromatic rings. The van der Waals surface area contributed by atoms with Gasteiger partial charge in [-0.05, 0) is 89.9 Å². The van der Waals surface area contributed by atoms with Crippen LogP contribution >= 0.6 is 0 Å². The molecule has 0 spiro atoms. The van der Waals surface area contributed by atoms with Gasteiger partial charge in [0, 0.05) is 21.5 Å². The first-order chi connectivity index (χ1) is 18.2. The molecule has 0 unspecified atom stereocenters. The van der Waals surface area contributed by atoms with Crippen molar-refractivity contribution in [3.63, 3.8) is 0 Å². The summed E-state index contributed by atoms with van der Waals surface area (Å²) in [6.45, 7) is 6.76. The Hall–Kier alpha value is -3.26. The molecule has 190 valence electrons. The van der Waals surface area contributed by atoms with Crippen molar-refractivity contribution in [2.45, 2.75) is 85.0 Å². The van der Waals surface area contributed by atoms with E-state index in [9.17, 15) is 0 Å². The van der Waals surface area contributed by atoms with Crippen molar-refractivity contribution < 1.29 is 8.83 Å². The average molecular weight is 491 g/mol. The second kappa shape index (κ2) is 10.2. The Morgan fingerprint density at radius 3 is 2.14 bits per heavy atom. The highest BCUT2D eigenvalue weighted by atomic mass is 16.4. The molecule has 0 amide bonds. The molecule has 0 saturated carbocycles. The highest BCUT2D eigenvalue weighted by Gasteiger charge is 2.20. The molecule has 2 aromatic heterocycles. The molecular weight excluding hydrogens is 452 g/mol. The van der Waals surface area contributed by atoms with Crippen LogP contribution in [0.4, 0.5) is 0 Å². The van der Waals surface area contributed by atoms with Crippen LogP contribution in [0, 0.1) is 0 Å². The number of aryl methyl sites for hydroxylation is 3. The van der Waals surface area contributed by atoms with Gasteiger partial charge in [-0.3, -0.25) is 0 Å². The number of unbranched alkanes of at least 4 members (excludes halogenated alkanes) is 5. The van der Waals surface area contributed by atoms with E-state index in [-0.39, 0.29) is 0 Å². The monoisotopic (exact) mass is 490 g/mol. The van der Waals surface area contributed by atoms with E-state index in [1.807, 2.05) is 0 Å². The fourth-order valence-electron chi connectivity index (χ4n) is 5.99. The third-order valence-corrected chi connectivity index (χ3v) is 8.12. The minimum Gasteiger partial charge on any atom is -0.452 e. The van der Waals surface area contributed by atoms with Gasteiger partial charge in [-0.2, -0.15) is 0 Å². The Balaban J connectivity index is 1.46. The highest BCUT2D eigenvalue weighted by molar-refractivity contribution is 6.21. The SMILES string of the molecule is CCCCCCCc1ccc2cc3c(cc2c1)oc1c2oc4ccc(CCCC)cc4c2cc(CC)c31. The summed E-state index contributed by atoms with van der Waals surface area (Å²) in [5.41, 5.74) is 7.79. The van der Waals surface area contributed by atoms with Crippen molar-refractivity contribution in [3.05, 3.63) is 71.3 Å². The van der Waals surface area contributed by atoms with Crippen molar-refractivity contribution in [3.8, 4) is 0 Å². The Morgan fingerprint density at radius 2 is 1.30 bits per heavy atom. The van der Waals surface area contributed by atoms with Gasteiger partial charge in [0.15, 0.2) is 11.2 Å². The molecule has 0 aliphatic rings. The number of benzene rings is 4. The minimum atomic E-state index is 0.878. The quantitative estimate of drug-likeness (QED) is 0.178. The lowest BCUT2D eigenvalue weighted by molar-refractivity contribution is 0.632. The molecule has 0 radical (unpaired) electrons. The van der Waals surface area contributed by atoms with Gasteiger partial charge in [0.1, 0.15) is 11.2 Å². The lowest BCUT2D eigenvalue weighted by Crippen LogP contribution is -1.87. The van der Waals surface area contributed by atoms with E-state index < -0.39 is 0 Å². The molecular formula is C35H38O2. The number of hydrogen-bond acceptors (Lipinski definition) is 2. The largest absolute Gasteiger partial charge is 0.452 e. The zero-order valence-corrected chi connectivity index (χ0v) is 22.6. The molecule has 0 fully saturated rings. The average Bonchev–Trinajstić information content (AvgIpc) is 3.47. The first kappa shape index (κ1) is 24.1. The van der Waals surface area contributed by atoms with E-state index in [0.717, 1.165) is 41.6 Å². The standard InChI is InChI=1S/C35H38O2/c1-4-7-9-10-11-13-23-14-16-26-21-30-32(22-27(26)18-23)37-35-33(30)25(6-3)20-29-28-19-24(12-8-5-2)15-17-31(28)36-34(29)35/h14-22H,4-13H2,1-3H3. The predicted octanol–water partition coefficient (Wildman–Crippen LogP) is 11.1. The number of furan rings is 2. The summed E-state index contributed by atoms with van der Waals surface area (Å²) in [5, 5.41) is 7.31. The van der Waals surface area contributed by atoms with Crippen molar-refractivity contribution in [2.75, 3.05) is 0 Å². The van der Waals surface area contributed by atoms with Gasteiger partial charge >= 0.3 is 0 Å². The van der Waals surface area contributed by atoms with Gasteiger partial charge in [0.25, 0.3) is 0 Å². The van der Waals surface area contributed by atoms with Gasteiger partial charge in [0.05, 0.1) is 0 Å². The van der Waals surface area contributed by atoms with Crippen LogP contribution in [0.25, 0.3) is 54.6 Å². The summed E-state index contributed by atoms with van der Waals surface area (Å²) in [5.74, 6) is 0. The van der Waals surface area contributed by atoms with Gasteiger partial charge in [0.2, 0.25) is 0 Å². The smallest absolute Gasteiger partial charge is 0.178 e. The van der Waals surface area contributed by atoms with Crippen LogP contribution < -0.4 is 0 Å². The highest BCUT2D eigenvalue weighted by Crippen LogP contribution is 2.42. The van der Waals surface area contributed by atoms with Crippen LogP contribution in [0.1, 0.15) is 82.4 Å². The van der Waals surface area contributed by atoms with Crippen molar-refractivity contribution in [1.29, 1.82) is 0 Å². The van der Waals surface area contributed by atoms with Crippen molar-refractivity contribution in [2.24, 2.45) is 0 Å². The predicted molar refractivity (Wildman–Crippen MR) is 159 cm³/mol. The molecule has 37 heavy (non-hydrogen) atoms. The second-order valence-corrected chi connectivity index (χ2v) is 10.8. The number of hydrogen-bond donors (Lipinski definition) is 0. The Bertz CT molecular complexity index is 1710. The lowest BCUT2D eigenvalue weighted by atomic mass is 9.97. The zero-order valence-electron chi connectivity index (χ0n) is 22.6. The maximum absolute atomic E-state index is 6.61. The van der Waals surface area contributed by atoms with E-state index in [4.69, 9.17) is 8.83 Å². The molecule has 0 aliphatic carbocycles. The summed E-state index contributed by atoms with van der Waals surface area (Å²) < 4.78 is 13.1. The zero-order chi connectivity index (χ0) is 25.4. The van der Waals surface area contributed by atoms with E-state index in [1.54, 1.807) is 0 Å². The third kappa shape index (κ3) is 4.41. The molecule has 2 heteroatoms. The number of fused-ring (bicyclic) bond motifs is 8. The van der Waals surface area contributed by atoms with Crippen LogP contribution in [0.3, 0.4) is 0 Å².